The quantitative estimate of drug-likeness (QED) is 0.0853. The molecule has 0 bridgehead atoms. The predicted octanol–water partition coefficient (Wildman–Crippen LogP) is 8.90. The van der Waals surface area contributed by atoms with Gasteiger partial charge < -0.3 is 10.1 Å². The fourth-order valence-electron chi connectivity index (χ4n) is 5.74. The third-order valence-electron chi connectivity index (χ3n) is 7.88. The van der Waals surface area contributed by atoms with E-state index in [1.165, 1.54) is 42.1 Å². The van der Waals surface area contributed by atoms with Crippen molar-refractivity contribution in [1.29, 1.82) is 5.26 Å². The molecule has 0 unspecified atom stereocenters. The van der Waals surface area contributed by atoms with E-state index in [9.17, 15) is 10.1 Å². The molecule has 2 N–H and O–H groups in total. The van der Waals surface area contributed by atoms with Gasteiger partial charge in [0, 0.05) is 33.8 Å². The highest BCUT2D eigenvalue weighted by Gasteiger charge is 2.45. The predicted molar refractivity (Wildman–Crippen MR) is 186 cm³/mol. The number of aromatic amines is 1. The topological polar surface area (TPSA) is 81.8 Å². The van der Waals surface area contributed by atoms with Crippen molar-refractivity contribution in [1.82, 2.24) is 10.3 Å². The zero-order valence-electron chi connectivity index (χ0n) is 25.6. The zero-order valence-corrected chi connectivity index (χ0v) is 27.9. The van der Waals surface area contributed by atoms with Crippen LogP contribution in [0.1, 0.15) is 38.3 Å². The van der Waals surface area contributed by atoms with E-state index in [0.29, 0.717) is 5.69 Å². The van der Waals surface area contributed by atoms with Gasteiger partial charge in [-0.05, 0) is 42.3 Å². The lowest BCUT2D eigenvalue weighted by atomic mass is 9.77. The summed E-state index contributed by atoms with van der Waals surface area (Å²) in [5.74, 6) is -1.27. The number of benzene rings is 5. The summed E-state index contributed by atoms with van der Waals surface area (Å²) in [5, 5.41) is 13.1. The number of rotatable bonds is 10. The molecule has 0 aliphatic heterocycles. The number of thioether (sulfide) groups is 1. The molecule has 5 aromatic carbocycles. The van der Waals surface area contributed by atoms with Crippen LogP contribution in [0.5, 0.6) is 11.5 Å². The maximum absolute atomic E-state index is 15.7. The summed E-state index contributed by atoms with van der Waals surface area (Å²) in [4.78, 5) is 17.0. The number of nitrogens with zero attached hydrogens (tertiary/aromatic N) is 2. The lowest BCUT2D eigenvalue weighted by molar-refractivity contribution is -0.767. The molecule has 0 radical (unpaired) electrons. The number of aromatic nitrogens is 2. The number of imidazole rings is 1. The first kappa shape index (κ1) is 32.9. The van der Waals surface area contributed by atoms with Gasteiger partial charge in [-0.25, -0.2) is 13.9 Å². The Labute approximate surface area is 291 Å². The molecule has 0 saturated heterocycles. The standard InChI is InChI=1S/C38H27Cl2FN4O2S/c1-48-37-44-33(36(46)43-23-26-17-18-32(40)35(34(26)41)47-31-20-25(22-42)19-30(39)21-31)24-45(37)38(27-11-5-2-6-12-27,28-13-7-3-8-14-28)29-15-9-4-10-16-29/h2-21,24H,23H2,1H3,(H,43,46)/p+1. The SMILES string of the molecule is CSc1[nH]c(C(=O)NCc2ccc(Cl)c(Oc3cc(Cl)cc(C#N)c3)c2F)c[n+]1C(c1ccccc1)(c1ccccc1)c1ccccc1. The molecule has 0 atom stereocenters. The number of hydrogen-bond acceptors (Lipinski definition) is 4. The average Bonchev–Trinajstić information content (AvgIpc) is 3.56. The van der Waals surface area contributed by atoms with E-state index in [1.807, 2.05) is 66.9 Å². The van der Waals surface area contributed by atoms with Crippen LogP contribution in [0.4, 0.5) is 4.39 Å². The third kappa shape index (κ3) is 6.41. The molecule has 48 heavy (non-hydrogen) atoms. The Kier molecular flexibility index (Phi) is 9.83. The minimum absolute atomic E-state index is 0.0233. The number of H-pyrrole nitrogens is 1. The smallest absolute Gasteiger partial charge is 0.317 e. The number of amides is 1. The first-order valence-electron chi connectivity index (χ1n) is 14.8. The number of carbonyl (C=O) groups excluding carboxylic acids is 1. The lowest BCUT2D eigenvalue weighted by Gasteiger charge is -2.33. The van der Waals surface area contributed by atoms with Crippen molar-refractivity contribution in [2.75, 3.05) is 6.26 Å². The van der Waals surface area contributed by atoms with E-state index >= 15 is 4.39 Å². The minimum Gasteiger partial charge on any atom is -0.453 e. The van der Waals surface area contributed by atoms with Crippen LogP contribution in [0, 0.1) is 17.1 Å². The zero-order chi connectivity index (χ0) is 33.7. The molecule has 0 aliphatic rings. The van der Waals surface area contributed by atoms with Crippen LogP contribution < -0.4 is 14.6 Å². The average molecular weight is 695 g/mol. The summed E-state index contributed by atoms with van der Waals surface area (Å²) >= 11 is 13.9. The van der Waals surface area contributed by atoms with Crippen molar-refractivity contribution in [2.24, 2.45) is 0 Å². The molecule has 6 rings (SSSR count). The second-order valence-corrected chi connectivity index (χ2v) is 12.4. The van der Waals surface area contributed by atoms with Gasteiger partial charge in [0.15, 0.2) is 17.1 Å². The van der Waals surface area contributed by atoms with E-state index in [4.69, 9.17) is 27.9 Å². The summed E-state index contributed by atoms with van der Waals surface area (Å²) in [5.41, 5.74) is 2.88. The number of ether oxygens (including phenoxy) is 1. The van der Waals surface area contributed by atoms with Crippen LogP contribution >= 0.6 is 35.0 Å². The first-order valence-corrected chi connectivity index (χ1v) is 16.8. The van der Waals surface area contributed by atoms with E-state index in [0.717, 1.165) is 21.8 Å². The number of nitrogens with one attached hydrogen (secondary N) is 2. The van der Waals surface area contributed by atoms with Gasteiger partial charge in [0.05, 0.1) is 16.7 Å². The Morgan fingerprint density at radius 3 is 2.04 bits per heavy atom. The number of hydrogen-bond donors (Lipinski definition) is 2. The van der Waals surface area contributed by atoms with E-state index in [-0.39, 0.29) is 39.2 Å². The van der Waals surface area contributed by atoms with Gasteiger partial charge in [0.25, 0.3) is 5.91 Å². The van der Waals surface area contributed by atoms with Crippen LogP contribution in [-0.2, 0) is 12.1 Å². The molecule has 0 spiro atoms. The molecular weight excluding hydrogens is 666 g/mol. The van der Waals surface area contributed by atoms with Gasteiger partial charge in [0.2, 0.25) is 5.69 Å². The molecule has 6 nitrogen and oxygen atoms in total. The summed E-state index contributed by atoms with van der Waals surface area (Å²) in [7, 11) is 0. The van der Waals surface area contributed by atoms with Crippen molar-refractivity contribution in [2.45, 2.75) is 17.2 Å². The largest absolute Gasteiger partial charge is 0.453 e. The van der Waals surface area contributed by atoms with Crippen LogP contribution in [0.15, 0.2) is 133 Å². The van der Waals surface area contributed by atoms with E-state index in [1.54, 1.807) is 6.20 Å². The van der Waals surface area contributed by atoms with Crippen molar-refractivity contribution in [3.63, 3.8) is 0 Å². The second kappa shape index (κ2) is 14.4. The first-order chi connectivity index (χ1) is 23.3. The molecule has 0 saturated carbocycles. The fraction of sp³-hybridized carbons (Fsp3) is 0.0789. The molecule has 10 heteroatoms. The maximum atomic E-state index is 15.7. The molecule has 6 aromatic rings. The normalized spacial score (nSPS) is 11.1. The Balaban J connectivity index is 1.36. The highest BCUT2D eigenvalue weighted by molar-refractivity contribution is 7.98. The lowest BCUT2D eigenvalue weighted by Crippen LogP contribution is -2.58. The molecule has 0 fully saturated rings. The van der Waals surface area contributed by atoms with Gasteiger partial charge in [-0.3, -0.25) is 4.79 Å². The molecule has 0 aliphatic carbocycles. The molecular formula is C38H28Cl2FN4O2S+. The fourth-order valence-corrected chi connectivity index (χ4v) is 6.75. The highest BCUT2D eigenvalue weighted by atomic mass is 35.5. The third-order valence-corrected chi connectivity index (χ3v) is 9.08. The molecule has 1 aromatic heterocycles. The maximum Gasteiger partial charge on any atom is 0.317 e. The summed E-state index contributed by atoms with van der Waals surface area (Å²) in [6.45, 7) is -0.147. The Hall–Kier alpha value is -5.07. The Morgan fingerprint density at radius 1 is 0.917 bits per heavy atom. The Bertz CT molecular complexity index is 2020. The second-order valence-electron chi connectivity index (χ2n) is 10.8. The van der Waals surface area contributed by atoms with E-state index < -0.39 is 17.3 Å². The summed E-state index contributed by atoms with van der Waals surface area (Å²) < 4.78 is 23.5. The minimum atomic E-state index is -0.836. The highest BCUT2D eigenvalue weighted by Crippen LogP contribution is 2.38. The van der Waals surface area contributed by atoms with Gasteiger partial charge in [-0.15, -0.1) is 0 Å². The van der Waals surface area contributed by atoms with Crippen molar-refractivity contribution < 1.29 is 18.5 Å². The number of nitriles is 1. The van der Waals surface area contributed by atoms with Crippen LogP contribution in [0.25, 0.3) is 0 Å². The van der Waals surface area contributed by atoms with Crippen LogP contribution in [-0.4, -0.2) is 17.1 Å². The molecule has 1 heterocycles. The van der Waals surface area contributed by atoms with E-state index in [2.05, 4.69) is 51.3 Å². The Morgan fingerprint density at radius 2 is 1.50 bits per heavy atom. The summed E-state index contributed by atoms with van der Waals surface area (Å²) in [6, 6.07) is 39.7. The van der Waals surface area contributed by atoms with Gasteiger partial charge in [-0.2, -0.15) is 5.26 Å². The van der Waals surface area contributed by atoms with Gasteiger partial charge >= 0.3 is 5.16 Å². The monoisotopic (exact) mass is 693 g/mol. The van der Waals surface area contributed by atoms with Crippen LogP contribution in [0.3, 0.4) is 0 Å². The van der Waals surface area contributed by atoms with Crippen LogP contribution in [0.2, 0.25) is 10.0 Å². The van der Waals surface area contributed by atoms with Gasteiger partial charge in [0.1, 0.15) is 11.9 Å². The van der Waals surface area contributed by atoms with Crippen molar-refractivity contribution in [3.8, 4) is 17.6 Å². The van der Waals surface area contributed by atoms with Crippen molar-refractivity contribution in [3.05, 3.63) is 177 Å². The van der Waals surface area contributed by atoms with Crippen molar-refractivity contribution >= 4 is 40.9 Å². The number of carbonyl (C=O) groups is 1. The number of halogens is 3. The molecule has 238 valence electrons. The van der Waals surface area contributed by atoms with Gasteiger partial charge in [-0.1, -0.05) is 120 Å². The summed E-state index contributed by atoms with van der Waals surface area (Å²) in [6.07, 6.45) is 3.74. The molecule has 1 amide bonds.